The molecule has 2 heterocycles. The molecule has 1 aliphatic rings. The lowest BCUT2D eigenvalue weighted by Crippen LogP contribution is -2.32. The van der Waals surface area contributed by atoms with Crippen LogP contribution < -0.4 is 9.47 Å². The number of aromatic nitrogens is 2. The van der Waals surface area contributed by atoms with Crippen molar-refractivity contribution >= 4 is 6.21 Å². The molecule has 0 amide bonds. The Balaban J connectivity index is 1.58. The van der Waals surface area contributed by atoms with E-state index in [4.69, 9.17) is 14.7 Å². The zero-order chi connectivity index (χ0) is 17.6. The first kappa shape index (κ1) is 17.3. The lowest BCUT2D eigenvalue weighted by atomic mass is 9.98. The highest BCUT2D eigenvalue weighted by Gasteiger charge is 2.19. The van der Waals surface area contributed by atoms with Crippen LogP contribution in [0.5, 0.6) is 11.5 Å². The molecular weight excluding hydrogens is 320 g/mol. The fourth-order valence-corrected chi connectivity index (χ4v) is 3.29. The van der Waals surface area contributed by atoms with Gasteiger partial charge in [0.1, 0.15) is 6.21 Å². The Morgan fingerprint density at radius 3 is 2.68 bits per heavy atom. The van der Waals surface area contributed by atoms with E-state index < -0.39 is 0 Å². The van der Waals surface area contributed by atoms with Gasteiger partial charge in [0.05, 0.1) is 14.2 Å². The molecule has 7 nitrogen and oxygen atoms in total. The van der Waals surface area contributed by atoms with Crippen LogP contribution in [-0.4, -0.2) is 53.2 Å². The Kier molecular flexibility index (Phi) is 5.55. The van der Waals surface area contributed by atoms with E-state index in [-0.39, 0.29) is 0 Å². The van der Waals surface area contributed by atoms with Gasteiger partial charge in [0.2, 0.25) is 0 Å². The van der Waals surface area contributed by atoms with Crippen molar-refractivity contribution in [3.8, 4) is 11.5 Å². The molecule has 25 heavy (non-hydrogen) atoms. The van der Waals surface area contributed by atoms with Crippen LogP contribution in [0.1, 0.15) is 23.4 Å². The minimum atomic E-state index is 0.670. The monoisotopic (exact) mass is 344 g/mol. The summed E-state index contributed by atoms with van der Waals surface area (Å²) in [5.41, 5.74) is 2.64. The molecule has 0 aliphatic carbocycles. The van der Waals surface area contributed by atoms with Gasteiger partial charge in [-0.3, -0.25) is 4.90 Å². The summed E-state index contributed by atoms with van der Waals surface area (Å²) in [6, 6.07) is 4.18. The fourth-order valence-electron chi connectivity index (χ4n) is 3.29. The van der Waals surface area contributed by atoms with E-state index in [1.807, 2.05) is 10.8 Å². The average molecular weight is 344 g/mol. The first-order chi connectivity index (χ1) is 12.2. The first-order valence-corrected chi connectivity index (χ1v) is 8.40. The van der Waals surface area contributed by atoms with Gasteiger partial charge in [-0.2, -0.15) is 0 Å². The van der Waals surface area contributed by atoms with Gasteiger partial charge in [-0.25, -0.2) is 4.98 Å². The molecule has 0 saturated heterocycles. The Labute approximate surface area is 147 Å². The second-order valence-electron chi connectivity index (χ2n) is 6.08. The topological polar surface area (TPSA) is 72.1 Å². The van der Waals surface area contributed by atoms with Gasteiger partial charge in [-0.05, 0) is 36.1 Å². The number of oxime groups is 1. The molecule has 0 unspecified atom stereocenters. The second-order valence-corrected chi connectivity index (χ2v) is 6.08. The average Bonchev–Trinajstić information content (AvgIpc) is 3.08. The fraction of sp³-hybridized carbons (Fsp3) is 0.444. The maximum atomic E-state index is 8.65. The van der Waals surface area contributed by atoms with Gasteiger partial charge < -0.3 is 19.2 Å². The van der Waals surface area contributed by atoms with E-state index in [1.54, 1.807) is 20.4 Å². The number of methoxy groups -OCH3 is 2. The van der Waals surface area contributed by atoms with Crippen LogP contribution in [0.2, 0.25) is 0 Å². The predicted octanol–water partition coefficient (Wildman–Crippen LogP) is 2.16. The minimum Gasteiger partial charge on any atom is -0.493 e. The van der Waals surface area contributed by atoms with E-state index in [0.29, 0.717) is 5.82 Å². The van der Waals surface area contributed by atoms with Crippen molar-refractivity contribution in [2.75, 3.05) is 27.3 Å². The van der Waals surface area contributed by atoms with Crippen molar-refractivity contribution in [2.24, 2.45) is 5.16 Å². The number of nitrogens with zero attached hydrogens (tertiary/aromatic N) is 4. The van der Waals surface area contributed by atoms with Crippen molar-refractivity contribution in [2.45, 2.75) is 25.9 Å². The molecule has 134 valence electrons. The van der Waals surface area contributed by atoms with Gasteiger partial charge >= 0.3 is 0 Å². The third-order valence-corrected chi connectivity index (χ3v) is 4.59. The Bertz CT molecular complexity index is 742. The van der Waals surface area contributed by atoms with Gasteiger partial charge in [-0.1, -0.05) is 5.16 Å². The van der Waals surface area contributed by atoms with Crippen LogP contribution in [0, 0.1) is 0 Å². The summed E-state index contributed by atoms with van der Waals surface area (Å²) >= 11 is 0. The Hall–Kier alpha value is -2.54. The SMILES string of the molecule is COc1cc2c(cc1OC)CN(CCCn1ccnc1/C=N/O)CC2. The molecule has 0 spiro atoms. The number of benzene rings is 1. The van der Waals surface area contributed by atoms with Crippen molar-refractivity contribution in [3.63, 3.8) is 0 Å². The number of hydrogen-bond acceptors (Lipinski definition) is 6. The highest BCUT2D eigenvalue weighted by atomic mass is 16.5. The molecule has 1 N–H and O–H groups in total. The van der Waals surface area contributed by atoms with Gasteiger partial charge in [-0.15, -0.1) is 0 Å². The van der Waals surface area contributed by atoms with E-state index >= 15 is 0 Å². The molecule has 1 aromatic heterocycles. The number of hydrogen-bond donors (Lipinski definition) is 1. The molecule has 2 aromatic rings. The summed E-state index contributed by atoms with van der Waals surface area (Å²) in [5, 5.41) is 11.7. The predicted molar refractivity (Wildman–Crippen MR) is 94.8 cm³/mol. The third-order valence-electron chi connectivity index (χ3n) is 4.59. The van der Waals surface area contributed by atoms with Crippen LogP contribution in [0.25, 0.3) is 0 Å². The highest BCUT2D eigenvalue weighted by molar-refractivity contribution is 5.74. The maximum Gasteiger partial charge on any atom is 0.161 e. The molecule has 1 aliphatic heterocycles. The van der Waals surface area contributed by atoms with Crippen LogP contribution in [0.15, 0.2) is 29.7 Å². The van der Waals surface area contributed by atoms with E-state index in [2.05, 4.69) is 27.2 Å². The second kappa shape index (κ2) is 8.02. The van der Waals surface area contributed by atoms with Crippen molar-refractivity contribution < 1.29 is 14.7 Å². The summed E-state index contributed by atoms with van der Waals surface area (Å²) in [6.45, 7) is 3.81. The summed E-state index contributed by atoms with van der Waals surface area (Å²) in [4.78, 5) is 6.60. The summed E-state index contributed by atoms with van der Waals surface area (Å²) in [6.07, 6.45) is 7.00. The largest absolute Gasteiger partial charge is 0.493 e. The molecule has 0 fully saturated rings. The van der Waals surface area contributed by atoms with E-state index in [0.717, 1.165) is 50.5 Å². The summed E-state index contributed by atoms with van der Waals surface area (Å²) < 4.78 is 12.8. The number of aryl methyl sites for hydroxylation is 1. The third kappa shape index (κ3) is 3.93. The highest BCUT2D eigenvalue weighted by Crippen LogP contribution is 2.33. The minimum absolute atomic E-state index is 0.670. The van der Waals surface area contributed by atoms with Crippen LogP contribution in [0.4, 0.5) is 0 Å². The van der Waals surface area contributed by atoms with Crippen molar-refractivity contribution in [3.05, 3.63) is 41.5 Å². The van der Waals surface area contributed by atoms with Crippen molar-refractivity contribution in [1.82, 2.24) is 14.5 Å². The molecule has 3 rings (SSSR count). The van der Waals surface area contributed by atoms with Crippen LogP contribution >= 0.6 is 0 Å². The van der Waals surface area contributed by atoms with E-state index in [1.165, 1.54) is 17.3 Å². The molecule has 0 atom stereocenters. The number of fused-ring (bicyclic) bond motifs is 1. The normalized spacial score (nSPS) is 14.6. The van der Waals surface area contributed by atoms with Gasteiger partial charge in [0.25, 0.3) is 0 Å². The Morgan fingerprint density at radius 2 is 1.96 bits per heavy atom. The molecule has 0 radical (unpaired) electrons. The van der Waals surface area contributed by atoms with Crippen LogP contribution in [-0.2, 0) is 19.5 Å². The summed E-state index contributed by atoms with van der Waals surface area (Å²) in [7, 11) is 3.34. The van der Waals surface area contributed by atoms with Crippen LogP contribution in [0.3, 0.4) is 0 Å². The lowest BCUT2D eigenvalue weighted by Gasteiger charge is -2.29. The zero-order valence-electron chi connectivity index (χ0n) is 14.7. The quantitative estimate of drug-likeness (QED) is 0.473. The molecule has 7 heteroatoms. The van der Waals surface area contributed by atoms with Gasteiger partial charge in [0, 0.05) is 38.6 Å². The number of imidazole rings is 1. The zero-order valence-corrected chi connectivity index (χ0v) is 14.7. The van der Waals surface area contributed by atoms with Gasteiger partial charge in [0.15, 0.2) is 17.3 Å². The number of rotatable bonds is 7. The van der Waals surface area contributed by atoms with Crippen molar-refractivity contribution in [1.29, 1.82) is 0 Å². The molecular formula is C18H24N4O3. The first-order valence-electron chi connectivity index (χ1n) is 8.40. The lowest BCUT2D eigenvalue weighted by molar-refractivity contribution is 0.245. The smallest absolute Gasteiger partial charge is 0.161 e. The molecule has 1 aromatic carbocycles. The summed E-state index contributed by atoms with van der Waals surface area (Å²) in [5.74, 6) is 2.26. The number of ether oxygens (including phenoxy) is 2. The maximum absolute atomic E-state index is 8.65. The van der Waals surface area contributed by atoms with E-state index in [9.17, 15) is 0 Å². The Morgan fingerprint density at radius 1 is 1.20 bits per heavy atom. The molecule has 0 bridgehead atoms. The molecule has 0 saturated carbocycles. The standard InChI is InChI=1S/C18H24N4O3/c1-24-16-10-14-4-8-21(13-15(14)11-17(16)25-2)6-3-7-22-9-5-19-18(22)12-20-23/h5,9-12,23H,3-4,6-8,13H2,1-2H3/b20-12+.